The lowest BCUT2D eigenvalue weighted by Gasteiger charge is -2.22. The number of para-hydroxylation sites is 1. The zero-order chi connectivity index (χ0) is 11.7. The van der Waals surface area contributed by atoms with Gasteiger partial charge in [0.25, 0.3) is 0 Å². The number of ether oxygens (including phenoxy) is 1. The number of benzene rings is 2. The van der Waals surface area contributed by atoms with E-state index in [2.05, 4.69) is 37.3 Å². The molecule has 0 saturated heterocycles. The van der Waals surface area contributed by atoms with E-state index in [4.69, 9.17) is 4.74 Å². The van der Waals surface area contributed by atoms with E-state index in [-0.39, 0.29) is 0 Å². The smallest absolute Gasteiger partial charge is 0.131 e. The fourth-order valence-electron chi connectivity index (χ4n) is 2.47. The second-order valence-electron chi connectivity index (χ2n) is 4.53. The van der Waals surface area contributed by atoms with Crippen LogP contribution in [0.15, 0.2) is 42.5 Å². The highest BCUT2D eigenvalue weighted by Gasteiger charge is 2.18. The van der Waals surface area contributed by atoms with Gasteiger partial charge in [0.1, 0.15) is 11.5 Å². The molecule has 0 amide bonds. The Morgan fingerprint density at radius 1 is 1.00 bits per heavy atom. The lowest BCUT2D eigenvalue weighted by atomic mass is 9.94. The van der Waals surface area contributed by atoms with E-state index in [1.807, 2.05) is 12.1 Å². The van der Waals surface area contributed by atoms with Gasteiger partial charge < -0.3 is 4.74 Å². The molecule has 0 bridgehead atoms. The van der Waals surface area contributed by atoms with E-state index in [9.17, 15) is 0 Å². The maximum absolute atomic E-state index is 5.96. The Morgan fingerprint density at radius 3 is 2.71 bits per heavy atom. The molecule has 0 radical (unpaired) electrons. The first-order valence-electron chi connectivity index (χ1n) is 6.25. The highest BCUT2D eigenvalue weighted by atomic mass is 16.5. The summed E-state index contributed by atoms with van der Waals surface area (Å²) in [5.74, 6) is 2.04. The predicted molar refractivity (Wildman–Crippen MR) is 69.8 cm³/mol. The predicted octanol–water partition coefficient (Wildman–Crippen LogP) is 4.34. The van der Waals surface area contributed by atoms with Crippen LogP contribution in [0.1, 0.15) is 30.0 Å². The SMILES string of the molecule is CCCc1cccc2c1Cc1ccccc1O2. The van der Waals surface area contributed by atoms with E-state index in [0.29, 0.717) is 0 Å². The van der Waals surface area contributed by atoms with Gasteiger partial charge in [0.2, 0.25) is 0 Å². The van der Waals surface area contributed by atoms with Gasteiger partial charge in [0.15, 0.2) is 0 Å². The third-order valence-corrected chi connectivity index (χ3v) is 3.31. The van der Waals surface area contributed by atoms with Gasteiger partial charge in [0.05, 0.1) is 0 Å². The van der Waals surface area contributed by atoms with Gasteiger partial charge in [-0.25, -0.2) is 0 Å². The molecule has 2 aromatic carbocycles. The molecule has 0 aromatic heterocycles. The highest BCUT2D eigenvalue weighted by Crippen LogP contribution is 2.37. The maximum atomic E-state index is 5.96. The average molecular weight is 224 g/mol. The summed E-state index contributed by atoms with van der Waals surface area (Å²) in [5.41, 5.74) is 4.09. The zero-order valence-electron chi connectivity index (χ0n) is 10.1. The standard InChI is InChI=1S/C16H16O/c1-2-6-12-8-5-10-16-14(12)11-13-7-3-4-9-15(13)17-16/h3-5,7-10H,2,6,11H2,1H3. The van der Waals surface area contributed by atoms with Gasteiger partial charge in [-0.3, -0.25) is 0 Å². The fraction of sp³-hybridized carbons (Fsp3) is 0.250. The second kappa shape index (κ2) is 4.25. The van der Waals surface area contributed by atoms with Crippen molar-refractivity contribution in [3.05, 3.63) is 59.2 Å². The van der Waals surface area contributed by atoms with Gasteiger partial charge in [-0.1, -0.05) is 43.7 Å². The van der Waals surface area contributed by atoms with E-state index in [1.54, 1.807) is 0 Å². The van der Waals surface area contributed by atoms with Crippen LogP contribution in [-0.4, -0.2) is 0 Å². The molecule has 0 spiro atoms. The van der Waals surface area contributed by atoms with Crippen LogP contribution in [0.4, 0.5) is 0 Å². The summed E-state index contributed by atoms with van der Waals surface area (Å²) in [4.78, 5) is 0. The average Bonchev–Trinajstić information content (AvgIpc) is 2.37. The summed E-state index contributed by atoms with van der Waals surface area (Å²) in [6, 6.07) is 14.7. The summed E-state index contributed by atoms with van der Waals surface area (Å²) in [5, 5.41) is 0. The molecule has 2 aromatic rings. The molecule has 0 fully saturated rings. The lowest BCUT2D eigenvalue weighted by molar-refractivity contribution is 0.458. The van der Waals surface area contributed by atoms with Crippen LogP contribution in [-0.2, 0) is 12.8 Å². The van der Waals surface area contributed by atoms with Crippen LogP contribution in [0.3, 0.4) is 0 Å². The summed E-state index contributed by atoms with van der Waals surface area (Å²) < 4.78 is 5.96. The molecule has 1 aliphatic heterocycles. The number of fused-ring (bicyclic) bond motifs is 2. The summed E-state index contributed by atoms with van der Waals surface area (Å²) >= 11 is 0. The normalized spacial score (nSPS) is 12.5. The fourth-order valence-corrected chi connectivity index (χ4v) is 2.47. The molecule has 0 atom stereocenters. The Labute approximate surface area is 102 Å². The molecule has 0 unspecified atom stereocenters. The first-order valence-corrected chi connectivity index (χ1v) is 6.25. The quantitative estimate of drug-likeness (QED) is 0.629. The van der Waals surface area contributed by atoms with E-state index >= 15 is 0 Å². The summed E-state index contributed by atoms with van der Waals surface area (Å²) in [6.45, 7) is 2.22. The summed E-state index contributed by atoms with van der Waals surface area (Å²) in [7, 11) is 0. The topological polar surface area (TPSA) is 9.23 Å². The highest BCUT2D eigenvalue weighted by molar-refractivity contribution is 5.52. The molecule has 1 aliphatic rings. The van der Waals surface area contributed by atoms with Crippen molar-refractivity contribution >= 4 is 0 Å². The lowest BCUT2D eigenvalue weighted by Crippen LogP contribution is -2.05. The van der Waals surface area contributed by atoms with Gasteiger partial charge in [0, 0.05) is 12.0 Å². The van der Waals surface area contributed by atoms with Gasteiger partial charge in [-0.2, -0.15) is 0 Å². The van der Waals surface area contributed by atoms with Gasteiger partial charge >= 0.3 is 0 Å². The Bertz CT molecular complexity index is 543. The zero-order valence-corrected chi connectivity index (χ0v) is 10.1. The minimum Gasteiger partial charge on any atom is -0.457 e. The number of hydrogen-bond donors (Lipinski definition) is 0. The second-order valence-corrected chi connectivity index (χ2v) is 4.53. The third kappa shape index (κ3) is 1.82. The van der Waals surface area contributed by atoms with Crippen LogP contribution in [0, 0.1) is 0 Å². The summed E-state index contributed by atoms with van der Waals surface area (Å²) in [6.07, 6.45) is 3.31. The molecular weight excluding hydrogens is 208 g/mol. The van der Waals surface area contributed by atoms with Crippen molar-refractivity contribution in [1.29, 1.82) is 0 Å². The van der Waals surface area contributed by atoms with E-state index < -0.39 is 0 Å². The minimum atomic E-state index is 1.00. The van der Waals surface area contributed by atoms with E-state index in [1.165, 1.54) is 23.1 Å². The largest absolute Gasteiger partial charge is 0.457 e. The Hall–Kier alpha value is -1.76. The van der Waals surface area contributed by atoms with Crippen molar-refractivity contribution in [2.24, 2.45) is 0 Å². The van der Waals surface area contributed by atoms with Crippen molar-refractivity contribution in [2.75, 3.05) is 0 Å². The van der Waals surface area contributed by atoms with Crippen molar-refractivity contribution in [3.8, 4) is 11.5 Å². The number of aryl methyl sites for hydroxylation is 1. The Morgan fingerprint density at radius 2 is 1.82 bits per heavy atom. The van der Waals surface area contributed by atoms with Gasteiger partial charge in [-0.15, -0.1) is 0 Å². The van der Waals surface area contributed by atoms with Crippen LogP contribution < -0.4 is 4.74 Å². The van der Waals surface area contributed by atoms with Crippen LogP contribution in [0.2, 0.25) is 0 Å². The van der Waals surface area contributed by atoms with Gasteiger partial charge in [-0.05, 0) is 29.7 Å². The maximum Gasteiger partial charge on any atom is 0.131 e. The van der Waals surface area contributed by atoms with Crippen LogP contribution in [0.5, 0.6) is 11.5 Å². The van der Waals surface area contributed by atoms with Crippen molar-refractivity contribution in [3.63, 3.8) is 0 Å². The molecule has 86 valence electrons. The van der Waals surface area contributed by atoms with Crippen molar-refractivity contribution in [1.82, 2.24) is 0 Å². The molecule has 1 nitrogen and oxygen atoms in total. The molecule has 0 aliphatic carbocycles. The first-order chi connectivity index (χ1) is 8.38. The minimum absolute atomic E-state index is 1.00. The van der Waals surface area contributed by atoms with Crippen LogP contribution in [0.25, 0.3) is 0 Å². The molecule has 1 heteroatoms. The monoisotopic (exact) mass is 224 g/mol. The molecule has 0 N–H and O–H groups in total. The van der Waals surface area contributed by atoms with Crippen molar-refractivity contribution < 1.29 is 4.74 Å². The molecule has 3 rings (SSSR count). The number of hydrogen-bond acceptors (Lipinski definition) is 1. The molecule has 0 saturated carbocycles. The first kappa shape index (κ1) is 10.4. The molecule has 1 heterocycles. The van der Waals surface area contributed by atoms with Crippen molar-refractivity contribution in [2.45, 2.75) is 26.2 Å². The third-order valence-electron chi connectivity index (χ3n) is 3.31. The Kier molecular flexibility index (Phi) is 2.60. The molecular formula is C16H16O. The Balaban J connectivity index is 2.05. The van der Waals surface area contributed by atoms with E-state index in [0.717, 1.165) is 24.3 Å². The number of rotatable bonds is 2. The molecule has 17 heavy (non-hydrogen) atoms. The van der Waals surface area contributed by atoms with Crippen LogP contribution >= 0.6 is 0 Å².